The lowest BCUT2D eigenvalue weighted by Crippen LogP contribution is -2.23. The van der Waals surface area contributed by atoms with Crippen molar-refractivity contribution < 1.29 is 14.3 Å². The van der Waals surface area contributed by atoms with Crippen molar-refractivity contribution in [1.29, 1.82) is 0 Å². The smallest absolute Gasteiger partial charge is 0.262 e. The van der Waals surface area contributed by atoms with Crippen LogP contribution >= 0.6 is 23.2 Å². The first kappa shape index (κ1) is 22.1. The minimum Gasteiger partial charge on any atom is -0.483 e. The van der Waals surface area contributed by atoms with Gasteiger partial charge in [0, 0.05) is 24.7 Å². The Labute approximate surface area is 175 Å². The maximum Gasteiger partial charge on any atom is 0.262 e. The van der Waals surface area contributed by atoms with Crippen molar-refractivity contribution in [1.82, 2.24) is 4.90 Å². The van der Waals surface area contributed by atoms with E-state index in [2.05, 4.69) is 5.32 Å². The van der Waals surface area contributed by atoms with Gasteiger partial charge < -0.3 is 15.0 Å². The summed E-state index contributed by atoms with van der Waals surface area (Å²) in [6.07, 6.45) is 0. The van der Waals surface area contributed by atoms with E-state index in [1.807, 2.05) is 32.9 Å². The van der Waals surface area contributed by atoms with Crippen LogP contribution in [-0.2, 0) is 4.79 Å². The molecule has 0 radical (unpaired) electrons. The first-order valence-corrected chi connectivity index (χ1v) is 9.59. The Morgan fingerprint density at radius 3 is 2.39 bits per heavy atom. The zero-order valence-electron chi connectivity index (χ0n) is 16.6. The predicted octanol–water partition coefficient (Wildman–Crippen LogP) is 5.14. The highest BCUT2D eigenvalue weighted by Gasteiger charge is 2.15. The van der Waals surface area contributed by atoms with E-state index in [0.717, 1.165) is 11.1 Å². The SMILES string of the molecule is Cc1cc(OCC(=O)Nc2cc(C(=O)N(C)C)ccc2Cl)c(C(C)C)cc1Cl. The zero-order valence-corrected chi connectivity index (χ0v) is 18.1. The summed E-state index contributed by atoms with van der Waals surface area (Å²) in [5.74, 6) is 0.259. The molecule has 5 nitrogen and oxygen atoms in total. The highest BCUT2D eigenvalue weighted by molar-refractivity contribution is 6.34. The third kappa shape index (κ3) is 5.40. The van der Waals surface area contributed by atoms with Crippen LogP contribution in [0.3, 0.4) is 0 Å². The largest absolute Gasteiger partial charge is 0.483 e. The fraction of sp³-hybridized carbons (Fsp3) is 0.333. The molecular weight excluding hydrogens is 399 g/mol. The van der Waals surface area contributed by atoms with Gasteiger partial charge in [0.1, 0.15) is 5.75 Å². The number of halogens is 2. The summed E-state index contributed by atoms with van der Waals surface area (Å²) in [7, 11) is 3.31. The Kier molecular flexibility index (Phi) is 7.33. The molecule has 0 unspecified atom stereocenters. The summed E-state index contributed by atoms with van der Waals surface area (Å²) >= 11 is 12.4. The van der Waals surface area contributed by atoms with Gasteiger partial charge in [0.05, 0.1) is 10.7 Å². The van der Waals surface area contributed by atoms with E-state index >= 15 is 0 Å². The average molecular weight is 423 g/mol. The number of nitrogens with zero attached hydrogens (tertiary/aromatic N) is 1. The van der Waals surface area contributed by atoms with Crippen molar-refractivity contribution >= 4 is 40.7 Å². The standard InChI is InChI=1S/C21H24Cl2N2O3/c1-12(2)15-10-17(23)13(3)8-19(15)28-11-20(26)24-18-9-14(6-7-16(18)22)21(27)25(4)5/h6-10,12H,11H2,1-5H3,(H,24,26). The van der Waals surface area contributed by atoms with Crippen LogP contribution in [-0.4, -0.2) is 37.4 Å². The Morgan fingerprint density at radius 1 is 1.11 bits per heavy atom. The van der Waals surface area contributed by atoms with Crippen molar-refractivity contribution in [3.05, 3.63) is 57.1 Å². The summed E-state index contributed by atoms with van der Waals surface area (Å²) in [5, 5.41) is 3.70. The Bertz CT molecular complexity index is 895. The molecule has 0 aromatic heterocycles. The number of nitrogens with one attached hydrogen (secondary N) is 1. The lowest BCUT2D eigenvalue weighted by Gasteiger charge is -2.16. The van der Waals surface area contributed by atoms with E-state index in [1.54, 1.807) is 32.3 Å². The second-order valence-corrected chi connectivity index (χ2v) is 7.84. The molecule has 7 heteroatoms. The molecule has 150 valence electrons. The molecule has 0 spiro atoms. The summed E-state index contributed by atoms with van der Waals surface area (Å²) in [4.78, 5) is 25.9. The molecule has 1 N–H and O–H groups in total. The second-order valence-electron chi connectivity index (χ2n) is 7.02. The number of benzene rings is 2. The molecule has 2 aromatic carbocycles. The highest BCUT2D eigenvalue weighted by Crippen LogP contribution is 2.32. The minimum atomic E-state index is -0.376. The molecular formula is C21H24Cl2N2O3. The third-order valence-electron chi connectivity index (χ3n) is 4.17. The zero-order chi connectivity index (χ0) is 21.0. The van der Waals surface area contributed by atoms with Crippen LogP contribution in [0.1, 0.15) is 41.3 Å². The lowest BCUT2D eigenvalue weighted by atomic mass is 10.0. The van der Waals surface area contributed by atoms with Gasteiger partial charge in [-0.3, -0.25) is 9.59 Å². The molecule has 0 aliphatic rings. The third-order valence-corrected chi connectivity index (χ3v) is 4.90. The average Bonchev–Trinajstić information content (AvgIpc) is 2.63. The Hall–Kier alpha value is -2.24. The maximum absolute atomic E-state index is 12.4. The van der Waals surface area contributed by atoms with Gasteiger partial charge in [0.15, 0.2) is 6.61 Å². The van der Waals surface area contributed by atoms with Gasteiger partial charge in [-0.05, 0) is 54.3 Å². The van der Waals surface area contributed by atoms with Crippen molar-refractivity contribution in [3.8, 4) is 5.75 Å². The predicted molar refractivity (Wildman–Crippen MR) is 114 cm³/mol. The molecule has 2 aromatic rings. The normalized spacial score (nSPS) is 10.7. The van der Waals surface area contributed by atoms with Gasteiger partial charge in [-0.15, -0.1) is 0 Å². The number of rotatable bonds is 6. The topological polar surface area (TPSA) is 58.6 Å². The number of hydrogen-bond donors (Lipinski definition) is 1. The van der Waals surface area contributed by atoms with Crippen LogP contribution in [0.5, 0.6) is 5.75 Å². The number of anilines is 1. The fourth-order valence-corrected chi connectivity index (χ4v) is 2.93. The number of carbonyl (C=O) groups excluding carboxylic acids is 2. The van der Waals surface area contributed by atoms with Gasteiger partial charge in [0.2, 0.25) is 0 Å². The van der Waals surface area contributed by atoms with Gasteiger partial charge in [0.25, 0.3) is 11.8 Å². The van der Waals surface area contributed by atoms with Crippen LogP contribution in [0, 0.1) is 6.92 Å². The van der Waals surface area contributed by atoms with Crippen LogP contribution in [0.2, 0.25) is 10.0 Å². The van der Waals surface area contributed by atoms with E-state index in [1.165, 1.54) is 4.90 Å². The van der Waals surface area contributed by atoms with Gasteiger partial charge in [-0.2, -0.15) is 0 Å². The number of aryl methyl sites for hydroxylation is 1. The summed E-state index contributed by atoms with van der Waals surface area (Å²) < 4.78 is 5.74. The van der Waals surface area contributed by atoms with E-state index in [9.17, 15) is 9.59 Å². The van der Waals surface area contributed by atoms with Gasteiger partial charge in [-0.1, -0.05) is 37.0 Å². The quantitative estimate of drug-likeness (QED) is 0.700. The highest BCUT2D eigenvalue weighted by atomic mass is 35.5. The molecule has 0 aliphatic heterocycles. The summed E-state index contributed by atoms with van der Waals surface area (Å²) in [6.45, 7) is 5.75. The van der Waals surface area contributed by atoms with Crippen LogP contribution in [0.4, 0.5) is 5.69 Å². The summed E-state index contributed by atoms with van der Waals surface area (Å²) in [6, 6.07) is 8.43. The molecule has 0 fully saturated rings. The van der Waals surface area contributed by atoms with Crippen molar-refractivity contribution in [2.75, 3.05) is 26.0 Å². The Morgan fingerprint density at radius 2 is 1.79 bits per heavy atom. The molecule has 2 amide bonds. The summed E-state index contributed by atoms with van der Waals surface area (Å²) in [5.41, 5.74) is 2.60. The van der Waals surface area contributed by atoms with Crippen LogP contribution < -0.4 is 10.1 Å². The monoisotopic (exact) mass is 422 g/mol. The number of amides is 2. The molecule has 0 aliphatic carbocycles. The first-order chi connectivity index (χ1) is 13.1. The second kappa shape index (κ2) is 9.30. The Balaban J connectivity index is 2.13. The molecule has 0 bridgehead atoms. The van der Waals surface area contributed by atoms with E-state index in [-0.39, 0.29) is 24.3 Å². The van der Waals surface area contributed by atoms with E-state index in [4.69, 9.17) is 27.9 Å². The minimum absolute atomic E-state index is 0.179. The van der Waals surface area contributed by atoms with Crippen molar-refractivity contribution in [3.63, 3.8) is 0 Å². The molecule has 0 saturated carbocycles. The van der Waals surface area contributed by atoms with E-state index < -0.39 is 0 Å². The van der Waals surface area contributed by atoms with Gasteiger partial charge in [-0.25, -0.2) is 0 Å². The number of ether oxygens (including phenoxy) is 1. The maximum atomic E-state index is 12.4. The molecule has 28 heavy (non-hydrogen) atoms. The fourth-order valence-electron chi connectivity index (χ4n) is 2.59. The molecule has 0 heterocycles. The van der Waals surface area contributed by atoms with Crippen LogP contribution in [0.25, 0.3) is 0 Å². The lowest BCUT2D eigenvalue weighted by molar-refractivity contribution is -0.118. The number of carbonyl (C=O) groups is 2. The van der Waals surface area contributed by atoms with E-state index in [0.29, 0.717) is 27.0 Å². The van der Waals surface area contributed by atoms with Crippen molar-refractivity contribution in [2.24, 2.45) is 0 Å². The van der Waals surface area contributed by atoms with Crippen molar-refractivity contribution in [2.45, 2.75) is 26.7 Å². The van der Waals surface area contributed by atoms with Gasteiger partial charge >= 0.3 is 0 Å². The first-order valence-electron chi connectivity index (χ1n) is 8.84. The van der Waals surface area contributed by atoms with Crippen LogP contribution in [0.15, 0.2) is 30.3 Å². The molecule has 0 saturated heterocycles. The molecule has 0 atom stereocenters. The molecule has 2 rings (SSSR count). The number of hydrogen-bond acceptors (Lipinski definition) is 3.